The van der Waals surface area contributed by atoms with E-state index in [-0.39, 0.29) is 11.6 Å². The molecule has 1 saturated heterocycles. The Morgan fingerprint density at radius 2 is 1.91 bits per heavy atom. The van der Waals surface area contributed by atoms with E-state index in [0.29, 0.717) is 70.9 Å². The fourth-order valence-corrected chi connectivity index (χ4v) is 8.19. The van der Waals surface area contributed by atoms with Gasteiger partial charge in [0.25, 0.3) is 0 Å². The molecule has 1 aliphatic carbocycles. The lowest BCUT2D eigenvalue weighted by atomic mass is 9.68. The molecule has 12 heteroatoms. The van der Waals surface area contributed by atoms with Crippen LogP contribution in [0.4, 0.5) is 4.79 Å². The summed E-state index contributed by atoms with van der Waals surface area (Å²) in [4.78, 5) is 46.0. The standard InChI is InChI=1S/C34H40N4O7S/c1-18-9-10-20(18)21-7-6-8-22(24-17-37(33(43)44-5)14-12-25(24)39)23(21)11-15-38-31-26(19(2)28(46-31)30-35-13-16-45-30)27(40)29(36-38)34(3,4)32(41)42/h6-8,13,16,18,20,24-25,39H,9-12,14-15,17H2,1-5H3,(H,41,42). The lowest BCUT2D eigenvalue weighted by Crippen LogP contribution is -2.45. The number of thiophene rings is 1. The normalized spacial score (nSPS) is 21.7. The zero-order chi connectivity index (χ0) is 32.9. The first kappa shape index (κ1) is 31.9. The summed E-state index contributed by atoms with van der Waals surface area (Å²) in [5.74, 6) is -0.173. The van der Waals surface area contributed by atoms with Crippen LogP contribution in [0.15, 0.2) is 39.9 Å². The van der Waals surface area contributed by atoms with Gasteiger partial charge in [0.15, 0.2) is 0 Å². The SMILES string of the molecule is COC(=O)N1CCC(O)C(c2cccc(C3CCC3C)c2CCn2nc(C(C)(C)C(=O)O)c(=O)c3c(C)c(-c4ncco4)sc32)C1. The van der Waals surface area contributed by atoms with Gasteiger partial charge in [-0.15, -0.1) is 11.3 Å². The Bertz CT molecular complexity index is 1840. The molecule has 2 aliphatic rings. The fourth-order valence-electron chi connectivity index (χ4n) is 6.97. The number of ether oxygens (including phenoxy) is 1. The number of likely N-dealkylation sites (tertiary alicyclic amines) is 1. The number of hydrogen-bond donors (Lipinski definition) is 2. The molecule has 4 unspecified atom stereocenters. The number of nitrogens with zero attached hydrogens (tertiary/aromatic N) is 4. The van der Waals surface area contributed by atoms with Crippen molar-refractivity contribution in [1.29, 1.82) is 0 Å². The van der Waals surface area contributed by atoms with Crippen LogP contribution in [0, 0.1) is 12.8 Å². The second-order valence-corrected chi connectivity index (χ2v) is 14.1. The van der Waals surface area contributed by atoms with Crippen molar-refractivity contribution in [2.24, 2.45) is 5.92 Å². The zero-order valence-electron chi connectivity index (χ0n) is 26.8. The Labute approximate surface area is 270 Å². The Balaban J connectivity index is 1.48. The molecular weight excluding hydrogens is 608 g/mol. The van der Waals surface area contributed by atoms with Gasteiger partial charge in [-0.1, -0.05) is 25.1 Å². The first-order valence-corrected chi connectivity index (χ1v) is 16.6. The minimum absolute atomic E-state index is 0.0371. The summed E-state index contributed by atoms with van der Waals surface area (Å²) < 4.78 is 12.3. The van der Waals surface area contributed by atoms with Gasteiger partial charge in [0.1, 0.15) is 22.2 Å². The fraction of sp³-hybridized carbons (Fsp3) is 0.500. The number of oxazole rings is 1. The van der Waals surface area contributed by atoms with Crippen LogP contribution in [0.5, 0.6) is 0 Å². The molecule has 46 heavy (non-hydrogen) atoms. The quantitative estimate of drug-likeness (QED) is 0.254. The molecule has 244 valence electrons. The van der Waals surface area contributed by atoms with Gasteiger partial charge in [0.05, 0.1) is 29.7 Å². The molecule has 4 aromatic rings. The number of hydrogen-bond acceptors (Lipinski definition) is 9. The summed E-state index contributed by atoms with van der Waals surface area (Å²) in [6.07, 6.45) is 5.16. The molecule has 0 radical (unpaired) electrons. The van der Waals surface area contributed by atoms with Crippen molar-refractivity contribution < 1.29 is 29.0 Å². The summed E-state index contributed by atoms with van der Waals surface area (Å²) >= 11 is 1.35. The number of amides is 1. The molecule has 4 heterocycles. The topological polar surface area (TPSA) is 148 Å². The van der Waals surface area contributed by atoms with Gasteiger partial charge in [0, 0.05) is 25.6 Å². The van der Waals surface area contributed by atoms with Gasteiger partial charge in [0.2, 0.25) is 11.3 Å². The number of methoxy groups -OCH3 is 1. The zero-order valence-corrected chi connectivity index (χ0v) is 27.6. The maximum Gasteiger partial charge on any atom is 0.409 e. The molecule has 0 bridgehead atoms. The number of carbonyl (C=O) groups is 2. The Kier molecular flexibility index (Phi) is 8.53. The van der Waals surface area contributed by atoms with Gasteiger partial charge in [-0.25, -0.2) is 9.78 Å². The Hall–Kier alpha value is -4.03. The highest BCUT2D eigenvalue weighted by molar-refractivity contribution is 7.22. The molecule has 2 N–H and O–H groups in total. The second-order valence-electron chi connectivity index (χ2n) is 13.1. The van der Waals surface area contributed by atoms with Crippen LogP contribution in [0.25, 0.3) is 21.0 Å². The minimum Gasteiger partial charge on any atom is -0.481 e. The molecule has 11 nitrogen and oxygen atoms in total. The van der Waals surface area contributed by atoms with Crippen LogP contribution in [-0.2, 0) is 27.9 Å². The van der Waals surface area contributed by atoms with E-state index in [2.05, 4.69) is 18.0 Å². The summed E-state index contributed by atoms with van der Waals surface area (Å²) in [5, 5.41) is 26.5. The van der Waals surface area contributed by atoms with Crippen LogP contribution in [-0.4, -0.2) is 68.2 Å². The number of aryl methyl sites for hydroxylation is 2. The molecule has 4 atom stereocenters. The monoisotopic (exact) mass is 648 g/mol. The first-order chi connectivity index (χ1) is 21.9. The third kappa shape index (κ3) is 5.41. The van der Waals surface area contributed by atoms with E-state index in [1.165, 1.54) is 44.1 Å². The molecule has 1 amide bonds. The first-order valence-electron chi connectivity index (χ1n) is 15.7. The highest BCUT2D eigenvalue weighted by atomic mass is 32.1. The summed E-state index contributed by atoms with van der Waals surface area (Å²) in [5.41, 5.74) is 2.01. The van der Waals surface area contributed by atoms with Crippen LogP contribution < -0.4 is 5.43 Å². The van der Waals surface area contributed by atoms with Crippen molar-refractivity contribution >= 4 is 33.6 Å². The predicted molar refractivity (Wildman–Crippen MR) is 173 cm³/mol. The van der Waals surface area contributed by atoms with E-state index in [1.54, 1.807) is 15.8 Å². The number of aliphatic carboxylic acids is 1. The van der Waals surface area contributed by atoms with Gasteiger partial charge in [-0.05, 0) is 80.5 Å². The van der Waals surface area contributed by atoms with Crippen molar-refractivity contribution in [2.75, 3.05) is 20.2 Å². The van der Waals surface area contributed by atoms with Crippen LogP contribution in [0.2, 0.25) is 0 Å². The molecule has 1 saturated carbocycles. The number of aliphatic hydroxyl groups is 1. The number of carbonyl (C=O) groups excluding carboxylic acids is 1. The van der Waals surface area contributed by atoms with Crippen LogP contribution >= 0.6 is 11.3 Å². The molecule has 6 rings (SSSR count). The molecule has 1 aliphatic heterocycles. The van der Waals surface area contributed by atoms with Crippen LogP contribution in [0.1, 0.15) is 79.8 Å². The third-order valence-corrected chi connectivity index (χ3v) is 11.3. The number of aliphatic hydroxyl groups excluding tert-OH is 1. The van der Waals surface area contributed by atoms with Crippen molar-refractivity contribution in [3.05, 3.63) is 68.8 Å². The van der Waals surface area contributed by atoms with E-state index < -0.39 is 29.0 Å². The van der Waals surface area contributed by atoms with Crippen molar-refractivity contribution in [3.63, 3.8) is 0 Å². The van der Waals surface area contributed by atoms with Gasteiger partial charge in [-0.3, -0.25) is 14.3 Å². The molecule has 1 aromatic carbocycles. The molecule has 2 fully saturated rings. The Morgan fingerprint density at radius 3 is 2.52 bits per heavy atom. The van der Waals surface area contributed by atoms with Crippen molar-refractivity contribution in [1.82, 2.24) is 19.7 Å². The number of fused-ring (bicyclic) bond motifs is 1. The average molecular weight is 649 g/mol. The van der Waals surface area contributed by atoms with Gasteiger partial charge in [-0.2, -0.15) is 5.10 Å². The van der Waals surface area contributed by atoms with Gasteiger partial charge < -0.3 is 24.3 Å². The van der Waals surface area contributed by atoms with E-state index in [0.717, 1.165) is 24.0 Å². The van der Waals surface area contributed by atoms with Gasteiger partial charge >= 0.3 is 12.1 Å². The highest BCUT2D eigenvalue weighted by Gasteiger charge is 2.38. The third-order valence-electron chi connectivity index (χ3n) is 10.0. The number of benzene rings is 1. The Morgan fingerprint density at radius 1 is 1.17 bits per heavy atom. The summed E-state index contributed by atoms with van der Waals surface area (Å²) in [6.45, 7) is 8.19. The predicted octanol–water partition coefficient (Wildman–Crippen LogP) is 5.46. The van der Waals surface area contributed by atoms with E-state index in [1.807, 2.05) is 19.1 Å². The maximum atomic E-state index is 13.9. The summed E-state index contributed by atoms with van der Waals surface area (Å²) in [6, 6.07) is 6.24. The van der Waals surface area contributed by atoms with Crippen molar-refractivity contribution in [3.8, 4) is 10.8 Å². The highest BCUT2D eigenvalue weighted by Crippen LogP contribution is 2.45. The van der Waals surface area contributed by atoms with Crippen molar-refractivity contribution in [2.45, 2.75) is 83.3 Å². The van der Waals surface area contributed by atoms with E-state index in [4.69, 9.17) is 14.3 Å². The minimum atomic E-state index is -1.53. The van der Waals surface area contributed by atoms with Crippen LogP contribution in [0.3, 0.4) is 0 Å². The number of rotatable bonds is 8. The second kappa shape index (κ2) is 12.3. The lowest BCUT2D eigenvalue weighted by molar-refractivity contribution is -0.142. The number of carboxylic acid groups (broad SMARTS) is 1. The lowest BCUT2D eigenvalue weighted by Gasteiger charge is -2.39. The largest absolute Gasteiger partial charge is 0.481 e. The summed E-state index contributed by atoms with van der Waals surface area (Å²) in [7, 11) is 1.37. The molecule has 0 spiro atoms. The average Bonchev–Trinajstić information content (AvgIpc) is 3.68. The number of piperidine rings is 1. The molecular formula is C34H40N4O7S. The van der Waals surface area contributed by atoms with E-state index in [9.17, 15) is 24.6 Å². The smallest absolute Gasteiger partial charge is 0.409 e. The van der Waals surface area contributed by atoms with E-state index >= 15 is 0 Å². The number of carboxylic acids is 1. The maximum absolute atomic E-state index is 13.9. The number of aromatic nitrogens is 3. The molecule has 3 aromatic heterocycles.